The molecule has 0 spiro atoms. The van der Waals surface area contributed by atoms with Gasteiger partial charge in [-0.1, -0.05) is 12.1 Å². The van der Waals surface area contributed by atoms with Gasteiger partial charge in [-0.15, -0.1) is 0 Å². The zero-order valence-corrected chi connectivity index (χ0v) is 7.85. The monoisotopic (exact) mass is 201 g/mol. The molecule has 0 bridgehead atoms. The van der Waals surface area contributed by atoms with Crippen LogP contribution in [0.25, 0.3) is 11.1 Å². The first-order chi connectivity index (χ1) is 7.29. The van der Waals surface area contributed by atoms with Gasteiger partial charge < -0.3 is 0 Å². The summed E-state index contributed by atoms with van der Waals surface area (Å²) in [5, 5.41) is 0. The van der Waals surface area contributed by atoms with Crippen LogP contribution in [0.3, 0.4) is 0 Å². The van der Waals surface area contributed by atoms with Gasteiger partial charge in [-0.2, -0.15) is 0 Å². The molecule has 74 valence electrons. The zero-order valence-electron chi connectivity index (χ0n) is 7.85. The van der Waals surface area contributed by atoms with Crippen LogP contribution in [0.2, 0.25) is 0 Å². The van der Waals surface area contributed by atoms with E-state index in [0.29, 0.717) is 12.0 Å². The van der Waals surface area contributed by atoms with E-state index < -0.39 is 0 Å². The SMILES string of the molecule is O=Cc1cc(-c2ccc(F)cc2)ccn1. The Hall–Kier alpha value is -2.03. The summed E-state index contributed by atoms with van der Waals surface area (Å²) in [5.41, 5.74) is 2.09. The molecule has 2 nitrogen and oxygen atoms in total. The molecule has 3 heteroatoms. The van der Waals surface area contributed by atoms with Gasteiger partial charge in [0.1, 0.15) is 11.5 Å². The van der Waals surface area contributed by atoms with Crippen LogP contribution in [0.5, 0.6) is 0 Å². The number of hydrogen-bond acceptors (Lipinski definition) is 2. The van der Waals surface area contributed by atoms with E-state index in [1.807, 2.05) is 0 Å². The fraction of sp³-hybridized carbons (Fsp3) is 0. The van der Waals surface area contributed by atoms with E-state index in [4.69, 9.17) is 0 Å². The second-order valence-electron chi connectivity index (χ2n) is 3.09. The fourth-order valence-electron chi connectivity index (χ4n) is 1.33. The van der Waals surface area contributed by atoms with Crippen LogP contribution in [0, 0.1) is 5.82 Å². The second kappa shape index (κ2) is 4.00. The van der Waals surface area contributed by atoms with E-state index in [1.54, 1.807) is 30.5 Å². The van der Waals surface area contributed by atoms with Crippen LogP contribution in [-0.2, 0) is 0 Å². The summed E-state index contributed by atoms with van der Waals surface area (Å²) in [4.78, 5) is 14.4. The number of aromatic nitrogens is 1. The Labute approximate surface area is 86.4 Å². The largest absolute Gasteiger partial charge is 0.296 e. The highest BCUT2D eigenvalue weighted by molar-refractivity contribution is 5.76. The van der Waals surface area contributed by atoms with Crippen LogP contribution in [0.15, 0.2) is 42.6 Å². The average molecular weight is 201 g/mol. The number of hydrogen-bond donors (Lipinski definition) is 0. The Morgan fingerprint density at radius 1 is 1.07 bits per heavy atom. The first-order valence-electron chi connectivity index (χ1n) is 4.47. The first-order valence-corrected chi connectivity index (χ1v) is 4.47. The number of nitrogens with zero attached hydrogens (tertiary/aromatic N) is 1. The van der Waals surface area contributed by atoms with Crippen molar-refractivity contribution in [1.29, 1.82) is 0 Å². The van der Waals surface area contributed by atoms with E-state index in [2.05, 4.69) is 4.98 Å². The van der Waals surface area contributed by atoms with Crippen LogP contribution in [-0.4, -0.2) is 11.3 Å². The fourth-order valence-corrected chi connectivity index (χ4v) is 1.33. The van der Waals surface area contributed by atoms with Gasteiger partial charge in [0.15, 0.2) is 6.29 Å². The molecule has 1 aromatic heterocycles. The van der Waals surface area contributed by atoms with Gasteiger partial charge in [0.25, 0.3) is 0 Å². The van der Waals surface area contributed by atoms with Gasteiger partial charge >= 0.3 is 0 Å². The highest BCUT2D eigenvalue weighted by atomic mass is 19.1. The van der Waals surface area contributed by atoms with Crippen molar-refractivity contribution in [2.24, 2.45) is 0 Å². The molecule has 0 N–H and O–H groups in total. The molecule has 1 aromatic carbocycles. The number of rotatable bonds is 2. The molecule has 0 amide bonds. The van der Waals surface area contributed by atoms with E-state index in [0.717, 1.165) is 11.1 Å². The van der Waals surface area contributed by atoms with Gasteiger partial charge in [0, 0.05) is 6.20 Å². The normalized spacial score (nSPS) is 9.93. The molecule has 1 heterocycles. The molecule has 0 atom stereocenters. The molecule has 0 saturated carbocycles. The molecule has 0 aliphatic carbocycles. The summed E-state index contributed by atoms with van der Waals surface area (Å²) in [6, 6.07) is 9.55. The Bertz CT molecular complexity index is 479. The first kappa shape index (κ1) is 9.52. The highest BCUT2D eigenvalue weighted by Gasteiger charge is 1.99. The van der Waals surface area contributed by atoms with Crippen molar-refractivity contribution in [3.8, 4) is 11.1 Å². The molecule has 15 heavy (non-hydrogen) atoms. The summed E-state index contributed by atoms with van der Waals surface area (Å²) in [5.74, 6) is -0.275. The standard InChI is InChI=1S/C12H8FNO/c13-11-3-1-9(2-4-11)10-5-6-14-12(7-10)8-15/h1-8H. The third-order valence-electron chi connectivity index (χ3n) is 2.08. The summed E-state index contributed by atoms with van der Waals surface area (Å²) in [6.07, 6.45) is 2.25. The lowest BCUT2D eigenvalue weighted by Crippen LogP contribution is -1.87. The minimum atomic E-state index is -0.275. The predicted molar refractivity (Wildman–Crippen MR) is 55.0 cm³/mol. The minimum Gasteiger partial charge on any atom is -0.296 e. The van der Waals surface area contributed by atoms with Crippen molar-refractivity contribution in [1.82, 2.24) is 4.98 Å². The lowest BCUT2D eigenvalue weighted by atomic mass is 10.1. The van der Waals surface area contributed by atoms with Crippen molar-refractivity contribution < 1.29 is 9.18 Å². The average Bonchev–Trinajstić information content (AvgIpc) is 2.30. The minimum absolute atomic E-state index is 0.275. The molecule has 0 unspecified atom stereocenters. The molecule has 0 radical (unpaired) electrons. The van der Waals surface area contributed by atoms with E-state index >= 15 is 0 Å². The Morgan fingerprint density at radius 3 is 2.47 bits per heavy atom. The maximum atomic E-state index is 12.7. The van der Waals surface area contributed by atoms with E-state index in [9.17, 15) is 9.18 Å². The predicted octanol–water partition coefficient (Wildman–Crippen LogP) is 2.70. The number of halogens is 1. The van der Waals surface area contributed by atoms with Crippen molar-refractivity contribution in [2.45, 2.75) is 0 Å². The molecule has 0 fully saturated rings. The second-order valence-corrected chi connectivity index (χ2v) is 3.09. The molecular formula is C12H8FNO. The van der Waals surface area contributed by atoms with Gasteiger partial charge in [0.2, 0.25) is 0 Å². The maximum Gasteiger partial charge on any atom is 0.168 e. The summed E-state index contributed by atoms with van der Waals surface area (Å²) in [6.45, 7) is 0. The number of pyridine rings is 1. The number of benzene rings is 1. The van der Waals surface area contributed by atoms with Gasteiger partial charge in [-0.25, -0.2) is 4.39 Å². The third kappa shape index (κ3) is 2.07. The van der Waals surface area contributed by atoms with Gasteiger partial charge in [0.05, 0.1) is 0 Å². The quantitative estimate of drug-likeness (QED) is 0.699. The lowest BCUT2D eigenvalue weighted by Gasteiger charge is -2.01. The summed E-state index contributed by atoms with van der Waals surface area (Å²) in [7, 11) is 0. The van der Waals surface area contributed by atoms with Crippen molar-refractivity contribution in [3.63, 3.8) is 0 Å². The molecule has 0 saturated heterocycles. The smallest absolute Gasteiger partial charge is 0.168 e. The van der Waals surface area contributed by atoms with Crippen molar-refractivity contribution >= 4 is 6.29 Å². The van der Waals surface area contributed by atoms with Crippen LogP contribution in [0.1, 0.15) is 10.5 Å². The number of aldehydes is 1. The Balaban J connectivity index is 2.44. The summed E-state index contributed by atoms with van der Waals surface area (Å²) >= 11 is 0. The molecule has 0 aliphatic heterocycles. The van der Waals surface area contributed by atoms with Crippen molar-refractivity contribution in [3.05, 3.63) is 54.1 Å². The van der Waals surface area contributed by atoms with Gasteiger partial charge in [-0.3, -0.25) is 9.78 Å². The Morgan fingerprint density at radius 2 is 1.80 bits per heavy atom. The summed E-state index contributed by atoms with van der Waals surface area (Å²) < 4.78 is 12.7. The maximum absolute atomic E-state index is 12.7. The molecule has 0 aliphatic rings. The number of carbonyl (C=O) groups excluding carboxylic acids is 1. The van der Waals surface area contributed by atoms with E-state index in [1.165, 1.54) is 12.1 Å². The highest BCUT2D eigenvalue weighted by Crippen LogP contribution is 2.19. The molecule has 2 aromatic rings. The lowest BCUT2D eigenvalue weighted by molar-refractivity contribution is 0.111. The van der Waals surface area contributed by atoms with Crippen LogP contribution < -0.4 is 0 Å². The zero-order chi connectivity index (χ0) is 10.7. The van der Waals surface area contributed by atoms with Crippen molar-refractivity contribution in [2.75, 3.05) is 0 Å². The van der Waals surface area contributed by atoms with Crippen LogP contribution >= 0.6 is 0 Å². The van der Waals surface area contributed by atoms with Gasteiger partial charge in [-0.05, 0) is 35.4 Å². The topological polar surface area (TPSA) is 30.0 Å². The van der Waals surface area contributed by atoms with E-state index in [-0.39, 0.29) is 5.82 Å². The molecule has 2 rings (SSSR count). The third-order valence-corrected chi connectivity index (χ3v) is 2.08. The number of carbonyl (C=O) groups is 1. The Kier molecular flexibility index (Phi) is 2.54. The molecular weight excluding hydrogens is 193 g/mol. The van der Waals surface area contributed by atoms with Crippen LogP contribution in [0.4, 0.5) is 4.39 Å².